The molecule has 0 atom stereocenters. The van der Waals surface area contributed by atoms with Crippen LogP contribution in [-0.4, -0.2) is 30.0 Å². The minimum Gasteiger partial charge on any atom is -0.410 e. The number of rotatable bonds is 1. The molecule has 2 rings (SSSR count). The van der Waals surface area contributed by atoms with E-state index in [2.05, 4.69) is 4.74 Å². The van der Waals surface area contributed by atoms with Crippen LogP contribution in [0.3, 0.4) is 0 Å². The number of amides is 1. The van der Waals surface area contributed by atoms with Crippen molar-refractivity contribution < 1.29 is 27.1 Å². The lowest BCUT2D eigenvalue weighted by Crippen LogP contribution is -2.46. The molecule has 0 bridgehead atoms. The van der Waals surface area contributed by atoms with E-state index < -0.39 is 30.2 Å². The summed E-state index contributed by atoms with van der Waals surface area (Å²) in [4.78, 5) is 12.4. The Bertz CT molecular complexity index is 472. The standard InChI is InChI=1S/C12H11F4NO2/c13-8-4-9(14)6-10(5-8)19-11(18)17-3-1-2-12(15,16)7-17/h4-6H,1-3,7H2. The van der Waals surface area contributed by atoms with Crippen molar-refractivity contribution in [3.8, 4) is 5.75 Å². The van der Waals surface area contributed by atoms with Crippen LogP contribution in [0.15, 0.2) is 18.2 Å². The molecular formula is C12H11F4NO2. The number of halogens is 4. The fraction of sp³-hybridized carbons (Fsp3) is 0.417. The number of nitrogens with zero attached hydrogens (tertiary/aromatic N) is 1. The normalized spacial score (nSPS) is 18.2. The van der Waals surface area contributed by atoms with Gasteiger partial charge in [-0.3, -0.25) is 0 Å². The Labute approximate surface area is 106 Å². The van der Waals surface area contributed by atoms with Crippen LogP contribution in [0.2, 0.25) is 0 Å². The number of piperidine rings is 1. The van der Waals surface area contributed by atoms with Crippen LogP contribution in [0.1, 0.15) is 12.8 Å². The predicted octanol–water partition coefficient (Wildman–Crippen LogP) is 3.19. The van der Waals surface area contributed by atoms with Crippen LogP contribution in [0, 0.1) is 11.6 Å². The van der Waals surface area contributed by atoms with Gasteiger partial charge in [0.15, 0.2) is 0 Å². The molecule has 0 aromatic heterocycles. The number of likely N-dealkylation sites (tertiary alicyclic amines) is 1. The third kappa shape index (κ3) is 3.59. The number of carbonyl (C=O) groups is 1. The fourth-order valence-electron chi connectivity index (χ4n) is 1.87. The van der Waals surface area contributed by atoms with Gasteiger partial charge in [-0.2, -0.15) is 0 Å². The van der Waals surface area contributed by atoms with Crippen LogP contribution < -0.4 is 4.74 Å². The summed E-state index contributed by atoms with van der Waals surface area (Å²) in [7, 11) is 0. The highest BCUT2D eigenvalue weighted by Gasteiger charge is 2.37. The summed E-state index contributed by atoms with van der Waals surface area (Å²) in [6, 6.07) is 2.23. The molecule has 1 aliphatic rings. The Morgan fingerprint density at radius 1 is 1.21 bits per heavy atom. The Hall–Kier alpha value is -1.79. The third-order valence-corrected chi connectivity index (χ3v) is 2.69. The van der Waals surface area contributed by atoms with Crippen molar-refractivity contribution in [2.24, 2.45) is 0 Å². The van der Waals surface area contributed by atoms with Crippen LogP contribution in [0.5, 0.6) is 5.75 Å². The Kier molecular flexibility index (Phi) is 3.64. The highest BCUT2D eigenvalue weighted by Crippen LogP contribution is 2.27. The van der Waals surface area contributed by atoms with Gasteiger partial charge in [-0.15, -0.1) is 0 Å². The monoisotopic (exact) mass is 277 g/mol. The van der Waals surface area contributed by atoms with Gasteiger partial charge in [0, 0.05) is 31.2 Å². The first-order valence-electron chi connectivity index (χ1n) is 5.66. The van der Waals surface area contributed by atoms with Crippen LogP contribution >= 0.6 is 0 Å². The van der Waals surface area contributed by atoms with Crippen LogP contribution in [0.4, 0.5) is 22.4 Å². The first kappa shape index (κ1) is 13.6. The molecule has 0 saturated carbocycles. The number of hydrogen-bond donors (Lipinski definition) is 0. The molecule has 1 heterocycles. The number of alkyl halides is 2. The maximum atomic E-state index is 13.1. The van der Waals surface area contributed by atoms with Crippen molar-refractivity contribution in [1.82, 2.24) is 4.90 Å². The average molecular weight is 277 g/mol. The SMILES string of the molecule is O=C(Oc1cc(F)cc(F)c1)N1CCCC(F)(F)C1. The molecule has 1 aromatic carbocycles. The molecule has 1 aliphatic heterocycles. The summed E-state index contributed by atoms with van der Waals surface area (Å²) < 4.78 is 56.7. The van der Waals surface area contributed by atoms with Gasteiger partial charge in [0.2, 0.25) is 0 Å². The molecule has 0 aliphatic carbocycles. The van der Waals surface area contributed by atoms with Gasteiger partial charge in [-0.25, -0.2) is 22.4 Å². The number of benzene rings is 1. The van der Waals surface area contributed by atoms with Gasteiger partial charge in [0.05, 0.1) is 6.54 Å². The smallest absolute Gasteiger partial charge is 0.410 e. The lowest BCUT2D eigenvalue weighted by atomic mass is 10.1. The molecule has 7 heteroatoms. The van der Waals surface area contributed by atoms with E-state index in [0.717, 1.165) is 17.0 Å². The maximum Gasteiger partial charge on any atom is 0.415 e. The van der Waals surface area contributed by atoms with Crippen molar-refractivity contribution in [2.75, 3.05) is 13.1 Å². The van der Waals surface area contributed by atoms with Gasteiger partial charge in [-0.1, -0.05) is 0 Å². The minimum absolute atomic E-state index is 0.131. The lowest BCUT2D eigenvalue weighted by molar-refractivity contribution is -0.0565. The molecule has 104 valence electrons. The summed E-state index contributed by atoms with van der Waals surface area (Å²) in [5, 5.41) is 0. The Morgan fingerprint density at radius 2 is 1.84 bits per heavy atom. The van der Waals surface area contributed by atoms with E-state index in [1.807, 2.05) is 0 Å². The van der Waals surface area contributed by atoms with Gasteiger partial charge in [0.25, 0.3) is 5.92 Å². The van der Waals surface area contributed by atoms with E-state index in [9.17, 15) is 22.4 Å². The first-order chi connectivity index (χ1) is 8.85. The number of hydrogen-bond acceptors (Lipinski definition) is 2. The molecule has 1 amide bonds. The van der Waals surface area contributed by atoms with Gasteiger partial charge < -0.3 is 9.64 Å². The molecule has 1 saturated heterocycles. The van der Waals surface area contributed by atoms with Crippen molar-refractivity contribution in [3.05, 3.63) is 29.8 Å². The molecular weight excluding hydrogens is 266 g/mol. The second-order valence-electron chi connectivity index (χ2n) is 4.35. The van der Waals surface area contributed by atoms with Crippen molar-refractivity contribution in [2.45, 2.75) is 18.8 Å². The highest BCUT2D eigenvalue weighted by atomic mass is 19.3. The van der Waals surface area contributed by atoms with Crippen molar-refractivity contribution in [3.63, 3.8) is 0 Å². The molecule has 0 unspecified atom stereocenters. The quantitative estimate of drug-likeness (QED) is 0.738. The molecule has 1 aromatic rings. The lowest BCUT2D eigenvalue weighted by Gasteiger charge is -2.31. The van der Waals surface area contributed by atoms with E-state index in [0.29, 0.717) is 6.07 Å². The second kappa shape index (κ2) is 5.07. The van der Waals surface area contributed by atoms with Gasteiger partial charge in [-0.05, 0) is 6.42 Å². The van der Waals surface area contributed by atoms with E-state index in [1.54, 1.807) is 0 Å². The first-order valence-corrected chi connectivity index (χ1v) is 5.66. The van der Waals surface area contributed by atoms with Gasteiger partial charge >= 0.3 is 6.09 Å². The zero-order chi connectivity index (χ0) is 14.0. The van der Waals surface area contributed by atoms with E-state index in [4.69, 9.17) is 0 Å². The number of carbonyl (C=O) groups excluding carboxylic acids is 1. The Balaban J connectivity index is 2.04. The second-order valence-corrected chi connectivity index (χ2v) is 4.35. The largest absolute Gasteiger partial charge is 0.415 e. The van der Waals surface area contributed by atoms with Crippen LogP contribution in [0.25, 0.3) is 0 Å². The zero-order valence-corrected chi connectivity index (χ0v) is 9.84. The average Bonchev–Trinajstić information content (AvgIpc) is 2.25. The summed E-state index contributed by atoms with van der Waals surface area (Å²) in [5.41, 5.74) is 0. The summed E-state index contributed by atoms with van der Waals surface area (Å²) in [6.45, 7) is -0.615. The fourth-order valence-corrected chi connectivity index (χ4v) is 1.87. The molecule has 0 radical (unpaired) electrons. The molecule has 3 nitrogen and oxygen atoms in total. The number of ether oxygens (including phenoxy) is 1. The third-order valence-electron chi connectivity index (χ3n) is 2.69. The van der Waals surface area contributed by atoms with Gasteiger partial charge in [0.1, 0.15) is 17.4 Å². The molecule has 1 fully saturated rings. The predicted molar refractivity (Wildman–Crippen MR) is 58.1 cm³/mol. The summed E-state index contributed by atoms with van der Waals surface area (Å²) >= 11 is 0. The zero-order valence-electron chi connectivity index (χ0n) is 9.84. The van der Waals surface area contributed by atoms with E-state index in [1.165, 1.54) is 0 Å². The minimum atomic E-state index is -2.95. The maximum absolute atomic E-state index is 13.1. The summed E-state index contributed by atoms with van der Waals surface area (Å²) in [5.74, 6) is -5.13. The summed E-state index contributed by atoms with van der Waals surface area (Å²) in [6.07, 6.45) is -1.17. The molecule has 19 heavy (non-hydrogen) atoms. The Morgan fingerprint density at radius 3 is 2.42 bits per heavy atom. The topological polar surface area (TPSA) is 29.5 Å². The van der Waals surface area contributed by atoms with Crippen molar-refractivity contribution >= 4 is 6.09 Å². The van der Waals surface area contributed by atoms with E-state index >= 15 is 0 Å². The van der Waals surface area contributed by atoms with Crippen LogP contribution in [-0.2, 0) is 0 Å². The van der Waals surface area contributed by atoms with E-state index in [-0.39, 0.29) is 25.1 Å². The molecule has 0 spiro atoms. The van der Waals surface area contributed by atoms with Crippen molar-refractivity contribution in [1.29, 1.82) is 0 Å². The highest BCUT2D eigenvalue weighted by molar-refractivity contribution is 5.70. The molecule has 0 N–H and O–H groups in total.